The van der Waals surface area contributed by atoms with Crippen molar-refractivity contribution in [2.75, 3.05) is 47.5 Å². The van der Waals surface area contributed by atoms with Crippen LogP contribution in [0.1, 0.15) is 200 Å². The first-order valence-electron chi connectivity index (χ1n) is 23.0. The molecule has 0 amide bonds. The summed E-state index contributed by atoms with van der Waals surface area (Å²) in [4.78, 5) is 37.1. The molecule has 0 rings (SSSR count). The second kappa shape index (κ2) is 39.6. The number of carboxylic acid groups (broad SMARTS) is 1. The van der Waals surface area contributed by atoms with Crippen LogP contribution in [-0.2, 0) is 33.3 Å². The third kappa shape index (κ3) is 40.0. The SMILES string of the molecule is CCCCC/C=C\C/C=C\CCCCCCCCCCCC(=O)OC(COC(=O)CCCCCCCCCCCCCC)COC(OCC[N+](C)(C)C)C(=O)O. The topological polar surface area (TPSA) is 108 Å². The van der Waals surface area contributed by atoms with E-state index in [0.717, 1.165) is 51.4 Å². The van der Waals surface area contributed by atoms with Gasteiger partial charge < -0.3 is 28.5 Å². The number of esters is 2. The van der Waals surface area contributed by atoms with Gasteiger partial charge in [-0.1, -0.05) is 167 Å². The summed E-state index contributed by atoms with van der Waals surface area (Å²) < 4.78 is 22.7. The zero-order valence-corrected chi connectivity index (χ0v) is 37.1. The Morgan fingerprint density at radius 3 is 1.45 bits per heavy atom. The number of nitrogens with zero attached hydrogens (tertiary/aromatic N) is 1. The molecule has 0 saturated carbocycles. The Hall–Kier alpha value is -2.23. The summed E-state index contributed by atoms with van der Waals surface area (Å²) in [6.07, 6.45) is 39.4. The number of carbonyl (C=O) groups is 3. The second-order valence-electron chi connectivity index (χ2n) is 16.7. The lowest BCUT2D eigenvalue weighted by Gasteiger charge is -2.25. The monoisotopic (exact) mass is 795 g/mol. The van der Waals surface area contributed by atoms with Crippen molar-refractivity contribution < 1.29 is 42.9 Å². The predicted molar refractivity (Wildman–Crippen MR) is 231 cm³/mol. The highest BCUT2D eigenvalue weighted by Crippen LogP contribution is 2.15. The highest BCUT2D eigenvalue weighted by molar-refractivity contribution is 5.71. The van der Waals surface area contributed by atoms with E-state index in [4.69, 9.17) is 18.9 Å². The van der Waals surface area contributed by atoms with Gasteiger partial charge in [-0.05, 0) is 44.9 Å². The van der Waals surface area contributed by atoms with Crippen molar-refractivity contribution in [2.45, 2.75) is 212 Å². The van der Waals surface area contributed by atoms with E-state index in [1.54, 1.807) is 0 Å². The minimum absolute atomic E-state index is 0.180. The van der Waals surface area contributed by atoms with E-state index in [-0.39, 0.29) is 32.2 Å². The van der Waals surface area contributed by atoms with Gasteiger partial charge in [0.1, 0.15) is 13.2 Å². The minimum Gasteiger partial charge on any atom is -0.477 e. The maximum atomic E-state index is 12.8. The molecule has 1 N–H and O–H groups in total. The lowest BCUT2D eigenvalue weighted by atomic mass is 10.0. The zero-order valence-electron chi connectivity index (χ0n) is 37.1. The molecule has 0 aliphatic rings. The van der Waals surface area contributed by atoms with Gasteiger partial charge in [-0.2, -0.15) is 0 Å². The standard InChI is InChI=1S/C47H87NO8/c1-6-8-10-12-14-16-18-20-21-22-23-24-25-26-28-30-32-34-36-38-45(50)56-43(42-55-47(46(51)52)53-40-39-48(3,4)5)41-54-44(49)37-35-33-31-29-27-19-17-15-13-11-9-7-2/h14,16,20-21,43,47H,6-13,15,17-19,22-42H2,1-5H3/p+1/b16-14-,21-20-. The van der Waals surface area contributed by atoms with Crippen LogP contribution in [0.2, 0.25) is 0 Å². The summed E-state index contributed by atoms with van der Waals surface area (Å²) in [5.74, 6) is -2.00. The van der Waals surface area contributed by atoms with E-state index >= 15 is 0 Å². The summed E-state index contributed by atoms with van der Waals surface area (Å²) in [7, 11) is 5.96. The smallest absolute Gasteiger partial charge is 0.361 e. The third-order valence-electron chi connectivity index (χ3n) is 9.96. The van der Waals surface area contributed by atoms with Crippen LogP contribution in [-0.4, -0.2) is 87.4 Å². The molecule has 0 spiro atoms. The molecule has 0 saturated heterocycles. The Kier molecular flexibility index (Phi) is 38.0. The average Bonchev–Trinajstić information content (AvgIpc) is 3.15. The average molecular weight is 795 g/mol. The van der Waals surface area contributed by atoms with E-state index in [9.17, 15) is 19.5 Å². The molecule has 0 fully saturated rings. The van der Waals surface area contributed by atoms with Gasteiger partial charge in [-0.15, -0.1) is 0 Å². The first-order valence-corrected chi connectivity index (χ1v) is 23.0. The molecule has 0 radical (unpaired) electrons. The molecule has 0 aliphatic heterocycles. The van der Waals surface area contributed by atoms with Gasteiger partial charge in [-0.25, -0.2) is 4.79 Å². The fraction of sp³-hybridized carbons (Fsp3) is 0.851. The van der Waals surface area contributed by atoms with Crippen LogP contribution in [0.3, 0.4) is 0 Å². The summed E-state index contributed by atoms with van der Waals surface area (Å²) in [6.45, 7) is 4.85. The summed E-state index contributed by atoms with van der Waals surface area (Å²) in [5, 5.41) is 9.63. The van der Waals surface area contributed by atoms with Crippen molar-refractivity contribution in [1.29, 1.82) is 0 Å². The quantitative estimate of drug-likeness (QED) is 0.0214. The minimum atomic E-state index is -1.51. The number of hydrogen-bond donors (Lipinski definition) is 1. The number of allylic oxidation sites excluding steroid dienone is 4. The summed E-state index contributed by atoms with van der Waals surface area (Å²) in [6, 6.07) is 0. The first kappa shape index (κ1) is 53.8. The molecule has 328 valence electrons. The number of likely N-dealkylation sites (N-methyl/N-ethyl adjacent to an activating group) is 1. The lowest BCUT2D eigenvalue weighted by molar-refractivity contribution is -0.870. The third-order valence-corrected chi connectivity index (χ3v) is 9.96. The van der Waals surface area contributed by atoms with Crippen molar-refractivity contribution in [2.24, 2.45) is 0 Å². The van der Waals surface area contributed by atoms with Gasteiger partial charge in [0.25, 0.3) is 6.29 Å². The van der Waals surface area contributed by atoms with E-state index in [1.165, 1.54) is 122 Å². The zero-order chi connectivity index (χ0) is 41.4. The molecule has 9 heteroatoms. The van der Waals surface area contributed by atoms with Crippen molar-refractivity contribution in [3.05, 3.63) is 24.3 Å². The largest absolute Gasteiger partial charge is 0.477 e. The Bertz CT molecular complexity index is 976. The molecular weight excluding hydrogens is 707 g/mol. The molecule has 0 bridgehead atoms. The molecule has 9 nitrogen and oxygen atoms in total. The molecule has 0 aromatic carbocycles. The van der Waals surface area contributed by atoms with Crippen molar-refractivity contribution in [3.8, 4) is 0 Å². The van der Waals surface area contributed by atoms with Gasteiger partial charge in [0.05, 0.1) is 34.4 Å². The van der Waals surface area contributed by atoms with Crippen molar-refractivity contribution >= 4 is 17.9 Å². The maximum absolute atomic E-state index is 12.8. The van der Waals surface area contributed by atoms with Gasteiger partial charge >= 0.3 is 17.9 Å². The summed E-state index contributed by atoms with van der Waals surface area (Å²) >= 11 is 0. The Morgan fingerprint density at radius 1 is 0.536 bits per heavy atom. The number of hydrogen-bond acceptors (Lipinski definition) is 7. The fourth-order valence-electron chi connectivity index (χ4n) is 6.34. The second-order valence-corrected chi connectivity index (χ2v) is 16.7. The highest BCUT2D eigenvalue weighted by atomic mass is 16.7. The van der Waals surface area contributed by atoms with Crippen LogP contribution < -0.4 is 0 Å². The van der Waals surface area contributed by atoms with Gasteiger partial charge in [0, 0.05) is 12.8 Å². The molecule has 0 aliphatic carbocycles. The van der Waals surface area contributed by atoms with Crippen LogP contribution in [0, 0.1) is 0 Å². The van der Waals surface area contributed by atoms with Crippen molar-refractivity contribution in [3.63, 3.8) is 0 Å². The molecule has 2 unspecified atom stereocenters. The first-order chi connectivity index (χ1) is 27.1. The highest BCUT2D eigenvalue weighted by Gasteiger charge is 2.25. The number of carboxylic acids is 1. The number of quaternary nitrogens is 1. The fourth-order valence-corrected chi connectivity index (χ4v) is 6.34. The Morgan fingerprint density at radius 2 is 0.964 bits per heavy atom. The van der Waals surface area contributed by atoms with E-state index in [2.05, 4.69) is 38.2 Å². The van der Waals surface area contributed by atoms with Gasteiger partial charge in [0.15, 0.2) is 6.10 Å². The molecule has 0 heterocycles. The van der Waals surface area contributed by atoms with Crippen LogP contribution in [0.25, 0.3) is 0 Å². The van der Waals surface area contributed by atoms with E-state index < -0.39 is 24.3 Å². The van der Waals surface area contributed by atoms with E-state index in [0.29, 0.717) is 17.4 Å². The Labute approximate surface area is 344 Å². The van der Waals surface area contributed by atoms with Crippen LogP contribution in [0.4, 0.5) is 0 Å². The number of carbonyl (C=O) groups excluding carboxylic acids is 2. The molecule has 56 heavy (non-hydrogen) atoms. The van der Waals surface area contributed by atoms with Gasteiger partial charge in [-0.3, -0.25) is 9.59 Å². The predicted octanol–water partition coefficient (Wildman–Crippen LogP) is 12.1. The van der Waals surface area contributed by atoms with Crippen LogP contribution in [0.5, 0.6) is 0 Å². The maximum Gasteiger partial charge on any atom is 0.361 e. The molecular formula is C47H88NO8+. The summed E-state index contributed by atoms with van der Waals surface area (Å²) in [5.41, 5.74) is 0. The number of rotatable bonds is 42. The molecule has 0 aromatic heterocycles. The Balaban J connectivity index is 4.39. The number of aliphatic carboxylic acids is 1. The van der Waals surface area contributed by atoms with Gasteiger partial charge in [0.2, 0.25) is 0 Å². The molecule has 2 atom stereocenters. The van der Waals surface area contributed by atoms with Crippen LogP contribution in [0.15, 0.2) is 24.3 Å². The molecule has 0 aromatic rings. The lowest BCUT2D eigenvalue weighted by Crippen LogP contribution is -2.40. The van der Waals surface area contributed by atoms with Crippen LogP contribution >= 0.6 is 0 Å². The van der Waals surface area contributed by atoms with Crippen molar-refractivity contribution in [1.82, 2.24) is 0 Å². The number of ether oxygens (including phenoxy) is 4. The normalized spacial score (nSPS) is 13.1. The van der Waals surface area contributed by atoms with E-state index in [1.807, 2.05) is 21.1 Å². The number of unbranched alkanes of at least 4 members (excludes halogenated alkanes) is 23.